The molecule has 0 aliphatic carbocycles. The molecule has 0 radical (unpaired) electrons. The summed E-state index contributed by atoms with van der Waals surface area (Å²) in [4.78, 5) is 26.2. The number of rotatable bonds is 6. The number of carbonyl (C=O) groups is 2. The van der Waals surface area contributed by atoms with E-state index in [1.54, 1.807) is 29.2 Å². The van der Waals surface area contributed by atoms with Crippen molar-refractivity contribution < 1.29 is 22.7 Å². The van der Waals surface area contributed by atoms with Crippen molar-refractivity contribution in [2.75, 3.05) is 30.8 Å². The third-order valence-corrected chi connectivity index (χ3v) is 6.71. The number of aryl methyl sites for hydroxylation is 1. The zero-order chi connectivity index (χ0) is 22.6. The number of carbonyl (C=O) groups excluding carboxylic acids is 2. The third-order valence-electron chi connectivity index (χ3n) is 5.57. The minimum Gasteiger partial charge on any atom is -0.469 e. The van der Waals surface area contributed by atoms with E-state index in [2.05, 4.69) is 0 Å². The molecule has 0 bridgehead atoms. The molecule has 0 aromatic heterocycles. The Balaban J connectivity index is 1.72. The number of sulfonamides is 1. The van der Waals surface area contributed by atoms with Crippen molar-refractivity contribution in [3.63, 3.8) is 0 Å². The first-order valence-electron chi connectivity index (χ1n) is 10.2. The molecular weight excluding hydrogens is 416 g/mol. The summed E-state index contributed by atoms with van der Waals surface area (Å²) in [6.45, 7) is 3.17. The molecule has 8 heteroatoms. The lowest BCUT2D eigenvalue weighted by molar-refractivity contribution is -0.146. The molecule has 166 valence electrons. The molecule has 1 saturated heterocycles. The minimum atomic E-state index is -3.50. The van der Waals surface area contributed by atoms with Crippen LogP contribution in [0.2, 0.25) is 0 Å². The predicted molar refractivity (Wildman–Crippen MR) is 119 cm³/mol. The van der Waals surface area contributed by atoms with Gasteiger partial charge >= 0.3 is 5.97 Å². The first kappa shape index (κ1) is 22.8. The van der Waals surface area contributed by atoms with E-state index in [9.17, 15) is 18.0 Å². The van der Waals surface area contributed by atoms with Gasteiger partial charge in [0.05, 0.1) is 31.5 Å². The molecule has 0 saturated carbocycles. The van der Waals surface area contributed by atoms with Crippen molar-refractivity contribution in [1.82, 2.24) is 4.90 Å². The van der Waals surface area contributed by atoms with Crippen molar-refractivity contribution in [3.05, 3.63) is 65.2 Å². The van der Waals surface area contributed by atoms with Crippen LogP contribution in [0.1, 0.15) is 34.3 Å². The Hall–Kier alpha value is -2.87. The van der Waals surface area contributed by atoms with Gasteiger partial charge in [-0.15, -0.1) is 0 Å². The number of hydrogen-bond donors (Lipinski definition) is 0. The summed E-state index contributed by atoms with van der Waals surface area (Å²) in [6.07, 6.45) is 2.33. The van der Waals surface area contributed by atoms with E-state index in [4.69, 9.17) is 4.74 Å². The van der Waals surface area contributed by atoms with Gasteiger partial charge in [0, 0.05) is 18.7 Å². The van der Waals surface area contributed by atoms with E-state index in [1.807, 2.05) is 31.2 Å². The van der Waals surface area contributed by atoms with Gasteiger partial charge in [0.1, 0.15) is 0 Å². The maximum Gasteiger partial charge on any atom is 0.308 e. The molecule has 7 nitrogen and oxygen atoms in total. The van der Waals surface area contributed by atoms with Crippen molar-refractivity contribution in [2.45, 2.75) is 26.3 Å². The van der Waals surface area contributed by atoms with E-state index < -0.39 is 10.0 Å². The highest BCUT2D eigenvalue weighted by atomic mass is 32.2. The van der Waals surface area contributed by atoms with Gasteiger partial charge in [0.2, 0.25) is 10.0 Å². The average molecular weight is 445 g/mol. The Morgan fingerprint density at radius 3 is 2.13 bits per heavy atom. The van der Waals surface area contributed by atoms with Crippen molar-refractivity contribution in [1.29, 1.82) is 0 Å². The maximum absolute atomic E-state index is 12.8. The van der Waals surface area contributed by atoms with Crippen LogP contribution in [-0.4, -0.2) is 51.6 Å². The first-order valence-corrected chi connectivity index (χ1v) is 12.0. The Morgan fingerprint density at radius 2 is 1.61 bits per heavy atom. The van der Waals surface area contributed by atoms with Crippen molar-refractivity contribution in [2.24, 2.45) is 5.92 Å². The Kier molecular flexibility index (Phi) is 7.00. The molecule has 0 atom stereocenters. The van der Waals surface area contributed by atoms with E-state index >= 15 is 0 Å². The third kappa shape index (κ3) is 5.64. The van der Waals surface area contributed by atoms with E-state index in [-0.39, 0.29) is 24.3 Å². The first-order chi connectivity index (χ1) is 14.7. The monoisotopic (exact) mass is 444 g/mol. The van der Waals surface area contributed by atoms with Crippen LogP contribution in [0.5, 0.6) is 0 Å². The lowest BCUT2D eigenvalue weighted by atomic mass is 9.96. The topological polar surface area (TPSA) is 84.0 Å². The number of anilines is 1. The number of esters is 1. The molecule has 31 heavy (non-hydrogen) atoms. The van der Waals surface area contributed by atoms with Crippen LogP contribution < -0.4 is 4.31 Å². The molecule has 1 fully saturated rings. The summed E-state index contributed by atoms with van der Waals surface area (Å²) >= 11 is 0. The summed E-state index contributed by atoms with van der Waals surface area (Å²) < 4.78 is 30.9. The fourth-order valence-electron chi connectivity index (χ4n) is 3.70. The van der Waals surface area contributed by atoms with Gasteiger partial charge in [0.25, 0.3) is 5.91 Å². The fraction of sp³-hybridized carbons (Fsp3) is 0.391. The molecule has 0 unspecified atom stereocenters. The molecule has 1 heterocycles. The Bertz CT molecular complexity index is 1020. The molecule has 2 aromatic carbocycles. The highest BCUT2D eigenvalue weighted by Crippen LogP contribution is 2.24. The van der Waals surface area contributed by atoms with Gasteiger partial charge < -0.3 is 9.64 Å². The quantitative estimate of drug-likeness (QED) is 0.640. The number of ether oxygens (including phenoxy) is 1. The highest BCUT2D eigenvalue weighted by molar-refractivity contribution is 7.92. The Morgan fingerprint density at radius 1 is 1.03 bits per heavy atom. The number of amides is 1. The van der Waals surface area contributed by atoms with E-state index in [0.29, 0.717) is 37.2 Å². The zero-order valence-corrected chi connectivity index (χ0v) is 18.9. The van der Waals surface area contributed by atoms with Crippen molar-refractivity contribution in [3.8, 4) is 0 Å². The summed E-state index contributed by atoms with van der Waals surface area (Å²) in [5.74, 6) is -0.522. The lowest BCUT2D eigenvalue weighted by Crippen LogP contribution is -2.40. The molecule has 1 aliphatic heterocycles. The summed E-state index contributed by atoms with van der Waals surface area (Å²) in [5, 5.41) is 0. The lowest BCUT2D eigenvalue weighted by Gasteiger charge is -2.31. The smallest absolute Gasteiger partial charge is 0.308 e. The van der Waals surface area contributed by atoms with Crippen LogP contribution in [-0.2, 0) is 26.1 Å². The summed E-state index contributed by atoms with van der Waals surface area (Å²) in [6, 6.07) is 14.3. The number of hydrogen-bond acceptors (Lipinski definition) is 5. The molecule has 0 spiro atoms. The average Bonchev–Trinajstić information content (AvgIpc) is 2.77. The van der Waals surface area contributed by atoms with Crippen LogP contribution in [0.15, 0.2) is 48.5 Å². The number of nitrogens with zero attached hydrogens (tertiary/aromatic N) is 2. The van der Waals surface area contributed by atoms with Gasteiger partial charge in [-0.05, 0) is 49.6 Å². The molecule has 2 aromatic rings. The Labute approximate surface area is 183 Å². The molecule has 1 amide bonds. The standard InChI is InChI=1S/C23H28N2O5S/c1-17-4-6-18(7-5-17)16-25(31(3,28)29)21-10-8-19(9-11-21)22(26)24-14-12-20(13-15-24)23(27)30-2/h4-11,20H,12-16H2,1-3H3. The SMILES string of the molecule is COC(=O)C1CCN(C(=O)c2ccc(N(Cc3ccc(C)cc3)S(C)(=O)=O)cc2)CC1. The second kappa shape index (κ2) is 9.51. The number of benzene rings is 2. The highest BCUT2D eigenvalue weighted by Gasteiger charge is 2.28. The maximum atomic E-state index is 12.8. The molecule has 3 rings (SSSR count). The van der Waals surface area contributed by atoms with Crippen LogP contribution in [0.25, 0.3) is 0 Å². The van der Waals surface area contributed by atoms with Crippen LogP contribution >= 0.6 is 0 Å². The summed E-state index contributed by atoms with van der Waals surface area (Å²) in [5.41, 5.74) is 2.98. The number of likely N-dealkylation sites (tertiary alicyclic amines) is 1. The second-order valence-electron chi connectivity index (χ2n) is 7.89. The number of piperidine rings is 1. The van der Waals surface area contributed by atoms with Gasteiger partial charge in [-0.2, -0.15) is 0 Å². The van der Waals surface area contributed by atoms with Gasteiger partial charge in [-0.3, -0.25) is 13.9 Å². The van der Waals surface area contributed by atoms with E-state index in [0.717, 1.165) is 11.1 Å². The largest absolute Gasteiger partial charge is 0.469 e. The molecular formula is C23H28N2O5S. The summed E-state index contributed by atoms with van der Waals surface area (Å²) in [7, 11) is -2.13. The fourth-order valence-corrected chi connectivity index (χ4v) is 4.59. The predicted octanol–water partition coefficient (Wildman–Crippen LogP) is 2.99. The molecule has 0 N–H and O–H groups in total. The van der Waals surface area contributed by atoms with Crippen LogP contribution in [0.4, 0.5) is 5.69 Å². The van der Waals surface area contributed by atoms with Gasteiger partial charge in [-0.1, -0.05) is 29.8 Å². The van der Waals surface area contributed by atoms with Crippen LogP contribution in [0.3, 0.4) is 0 Å². The normalized spacial score (nSPS) is 14.9. The number of methoxy groups -OCH3 is 1. The minimum absolute atomic E-state index is 0.126. The van der Waals surface area contributed by atoms with Gasteiger partial charge in [-0.25, -0.2) is 8.42 Å². The molecule has 1 aliphatic rings. The van der Waals surface area contributed by atoms with Crippen molar-refractivity contribution >= 4 is 27.6 Å². The van der Waals surface area contributed by atoms with Crippen LogP contribution in [0, 0.1) is 12.8 Å². The zero-order valence-electron chi connectivity index (χ0n) is 18.1. The van der Waals surface area contributed by atoms with Gasteiger partial charge in [0.15, 0.2) is 0 Å². The van der Waals surface area contributed by atoms with E-state index in [1.165, 1.54) is 17.7 Å². The second-order valence-corrected chi connectivity index (χ2v) is 9.80.